The monoisotopic (exact) mass is 417 g/mol. The Morgan fingerprint density at radius 1 is 1.30 bits per heavy atom. The summed E-state index contributed by atoms with van der Waals surface area (Å²) in [6, 6.07) is 12.0. The number of hydrogen-bond donors (Lipinski definition) is 0. The number of amides is 1. The van der Waals surface area contributed by atoms with E-state index in [-0.39, 0.29) is 18.0 Å². The zero-order chi connectivity index (χ0) is 20.7. The van der Waals surface area contributed by atoms with Crippen molar-refractivity contribution in [2.75, 3.05) is 0 Å². The van der Waals surface area contributed by atoms with E-state index in [9.17, 15) is 4.79 Å². The van der Waals surface area contributed by atoms with Crippen molar-refractivity contribution in [3.05, 3.63) is 65.4 Å². The van der Waals surface area contributed by atoms with Gasteiger partial charge in [0.05, 0.1) is 39.5 Å². The number of aryl methyl sites for hydroxylation is 1. The van der Waals surface area contributed by atoms with Crippen LogP contribution in [-0.4, -0.2) is 36.6 Å². The maximum absolute atomic E-state index is 13.9. The average molecular weight is 418 g/mol. The van der Waals surface area contributed by atoms with Gasteiger partial charge in [-0.3, -0.25) is 9.78 Å². The van der Waals surface area contributed by atoms with Gasteiger partial charge in [-0.25, -0.2) is 9.67 Å². The molecule has 0 unspecified atom stereocenters. The molecule has 7 heteroatoms. The van der Waals surface area contributed by atoms with Gasteiger partial charge >= 0.3 is 0 Å². The Morgan fingerprint density at radius 3 is 2.83 bits per heavy atom. The van der Waals surface area contributed by atoms with Gasteiger partial charge in [0.15, 0.2) is 5.65 Å². The number of nitrogens with zero attached hydrogens (tertiary/aromatic N) is 5. The lowest BCUT2D eigenvalue weighted by Crippen LogP contribution is -2.36. The van der Waals surface area contributed by atoms with Crippen LogP contribution in [0.5, 0.6) is 0 Å². The Bertz CT molecular complexity index is 1180. The molecule has 0 saturated heterocycles. The summed E-state index contributed by atoms with van der Waals surface area (Å²) in [5.74, 6) is 0.0245. The van der Waals surface area contributed by atoms with E-state index in [0.717, 1.165) is 40.1 Å². The highest BCUT2D eigenvalue weighted by molar-refractivity contribution is 7.13. The van der Waals surface area contributed by atoms with Crippen LogP contribution in [0.15, 0.2) is 54.2 Å². The van der Waals surface area contributed by atoms with Crippen LogP contribution >= 0.6 is 11.3 Å². The third kappa shape index (κ3) is 3.29. The second kappa shape index (κ2) is 7.65. The van der Waals surface area contributed by atoms with Crippen molar-refractivity contribution in [2.45, 2.75) is 45.3 Å². The molecule has 4 aromatic heterocycles. The van der Waals surface area contributed by atoms with Crippen LogP contribution in [0.3, 0.4) is 0 Å². The van der Waals surface area contributed by atoms with Crippen molar-refractivity contribution < 1.29 is 4.79 Å². The zero-order valence-electron chi connectivity index (χ0n) is 17.0. The van der Waals surface area contributed by atoms with Gasteiger partial charge in [-0.15, -0.1) is 11.3 Å². The number of carbonyl (C=O) groups excluding carboxylic acids is 1. The van der Waals surface area contributed by atoms with Crippen LogP contribution in [0.25, 0.3) is 21.6 Å². The molecule has 152 valence electrons. The fraction of sp³-hybridized carbons (Fsp3) is 0.304. The fourth-order valence-corrected chi connectivity index (χ4v) is 4.61. The largest absolute Gasteiger partial charge is 0.327 e. The molecule has 6 nitrogen and oxygen atoms in total. The third-order valence-corrected chi connectivity index (χ3v) is 6.51. The zero-order valence-corrected chi connectivity index (χ0v) is 17.8. The van der Waals surface area contributed by atoms with Crippen LogP contribution in [0.4, 0.5) is 0 Å². The predicted octanol–water partition coefficient (Wildman–Crippen LogP) is 4.94. The molecule has 0 radical (unpaired) electrons. The Balaban J connectivity index is 1.63. The van der Waals surface area contributed by atoms with Gasteiger partial charge < -0.3 is 4.90 Å². The van der Waals surface area contributed by atoms with Crippen molar-refractivity contribution in [3.63, 3.8) is 0 Å². The Hall–Kier alpha value is -3.06. The standard InChI is InChI=1S/C23H23N5OS/c1-3-27-22-18(14-25-27)17(13-20(26-22)21-8-6-12-30-21)23(29)28(16-9-10-16)15(2)19-7-4-5-11-24-19/h4-8,11-16H,3,9-10H2,1-2H3/t15-/m1/s1. The third-order valence-electron chi connectivity index (χ3n) is 5.62. The summed E-state index contributed by atoms with van der Waals surface area (Å²) < 4.78 is 1.85. The van der Waals surface area contributed by atoms with E-state index in [0.29, 0.717) is 12.1 Å². The fourth-order valence-electron chi connectivity index (χ4n) is 3.92. The van der Waals surface area contributed by atoms with Gasteiger partial charge in [-0.05, 0) is 56.3 Å². The molecule has 1 atom stereocenters. The summed E-state index contributed by atoms with van der Waals surface area (Å²) in [5.41, 5.74) is 3.15. The van der Waals surface area contributed by atoms with Gasteiger partial charge in [0.2, 0.25) is 0 Å². The van der Waals surface area contributed by atoms with Crippen molar-refractivity contribution >= 4 is 28.3 Å². The van der Waals surface area contributed by atoms with E-state index in [2.05, 4.69) is 17.0 Å². The molecule has 5 rings (SSSR count). The maximum Gasteiger partial charge on any atom is 0.255 e. The first kappa shape index (κ1) is 18.9. The molecule has 1 amide bonds. The number of thiophene rings is 1. The average Bonchev–Trinajstić information content (AvgIpc) is 3.28. The molecule has 4 heterocycles. The first-order valence-electron chi connectivity index (χ1n) is 10.3. The van der Waals surface area contributed by atoms with Crippen LogP contribution in [-0.2, 0) is 6.54 Å². The second-order valence-electron chi connectivity index (χ2n) is 7.60. The van der Waals surface area contributed by atoms with E-state index >= 15 is 0 Å². The lowest BCUT2D eigenvalue weighted by atomic mass is 10.1. The van der Waals surface area contributed by atoms with E-state index in [4.69, 9.17) is 4.98 Å². The lowest BCUT2D eigenvalue weighted by Gasteiger charge is -2.29. The minimum Gasteiger partial charge on any atom is -0.327 e. The highest BCUT2D eigenvalue weighted by atomic mass is 32.1. The first-order valence-corrected chi connectivity index (χ1v) is 11.2. The molecule has 1 fully saturated rings. The van der Waals surface area contributed by atoms with E-state index in [1.807, 2.05) is 58.3 Å². The lowest BCUT2D eigenvalue weighted by molar-refractivity contribution is 0.0672. The minimum absolute atomic E-state index is 0.0245. The van der Waals surface area contributed by atoms with Crippen LogP contribution < -0.4 is 0 Å². The summed E-state index contributed by atoms with van der Waals surface area (Å²) in [5, 5.41) is 7.31. The topological polar surface area (TPSA) is 63.9 Å². The molecule has 0 aromatic carbocycles. The second-order valence-corrected chi connectivity index (χ2v) is 8.55. The molecule has 4 aromatic rings. The SMILES string of the molecule is CCn1ncc2c(C(=O)N(C3CC3)[C@H](C)c3ccccn3)cc(-c3cccs3)nc21. The molecule has 30 heavy (non-hydrogen) atoms. The molecule has 0 N–H and O–H groups in total. The molecule has 0 aliphatic heterocycles. The predicted molar refractivity (Wildman–Crippen MR) is 118 cm³/mol. The number of pyridine rings is 2. The summed E-state index contributed by atoms with van der Waals surface area (Å²) in [6.07, 6.45) is 5.62. The molecule has 0 bridgehead atoms. The van der Waals surface area contributed by atoms with Gasteiger partial charge in [0.25, 0.3) is 5.91 Å². The van der Waals surface area contributed by atoms with Crippen LogP contribution in [0.2, 0.25) is 0 Å². The number of rotatable bonds is 6. The number of hydrogen-bond acceptors (Lipinski definition) is 5. The van der Waals surface area contributed by atoms with E-state index in [1.165, 1.54) is 0 Å². The van der Waals surface area contributed by atoms with Crippen molar-refractivity contribution in [3.8, 4) is 10.6 Å². The normalized spacial score (nSPS) is 14.7. The maximum atomic E-state index is 13.9. The molecular weight excluding hydrogens is 394 g/mol. The highest BCUT2D eigenvalue weighted by Crippen LogP contribution is 2.37. The smallest absolute Gasteiger partial charge is 0.255 e. The summed E-state index contributed by atoms with van der Waals surface area (Å²) in [7, 11) is 0. The number of aromatic nitrogens is 4. The van der Waals surface area contributed by atoms with Crippen LogP contribution in [0, 0.1) is 0 Å². The van der Waals surface area contributed by atoms with Gasteiger partial charge in [0.1, 0.15) is 0 Å². The first-order chi connectivity index (χ1) is 14.7. The van der Waals surface area contributed by atoms with Crippen molar-refractivity contribution in [1.82, 2.24) is 24.6 Å². The number of fused-ring (bicyclic) bond motifs is 1. The highest BCUT2D eigenvalue weighted by Gasteiger charge is 2.38. The summed E-state index contributed by atoms with van der Waals surface area (Å²) in [6.45, 7) is 4.80. The van der Waals surface area contributed by atoms with Crippen LogP contribution in [0.1, 0.15) is 48.8 Å². The molecule has 1 aliphatic rings. The minimum atomic E-state index is -0.0965. The van der Waals surface area contributed by atoms with Gasteiger partial charge in [0, 0.05) is 18.8 Å². The molecular formula is C23H23N5OS. The van der Waals surface area contributed by atoms with Gasteiger partial charge in [-0.1, -0.05) is 12.1 Å². The summed E-state index contributed by atoms with van der Waals surface area (Å²) in [4.78, 5) is 26.3. The molecule has 0 spiro atoms. The molecule has 1 aliphatic carbocycles. The Labute approximate surface area is 179 Å². The quantitative estimate of drug-likeness (QED) is 0.446. The van der Waals surface area contributed by atoms with Crippen molar-refractivity contribution in [1.29, 1.82) is 0 Å². The molecule has 1 saturated carbocycles. The summed E-state index contributed by atoms with van der Waals surface area (Å²) >= 11 is 1.62. The van der Waals surface area contributed by atoms with Crippen molar-refractivity contribution in [2.24, 2.45) is 0 Å². The van der Waals surface area contributed by atoms with Gasteiger partial charge in [-0.2, -0.15) is 5.10 Å². The Kier molecular flexibility index (Phi) is 4.83. The Morgan fingerprint density at radius 2 is 2.17 bits per heavy atom. The van der Waals surface area contributed by atoms with E-state index < -0.39 is 0 Å². The number of carbonyl (C=O) groups is 1. The van der Waals surface area contributed by atoms with E-state index in [1.54, 1.807) is 23.7 Å².